The Morgan fingerprint density at radius 3 is 2.30 bits per heavy atom. The van der Waals surface area contributed by atoms with Crippen molar-refractivity contribution in [3.63, 3.8) is 0 Å². The van der Waals surface area contributed by atoms with Gasteiger partial charge in [-0.15, -0.1) is 0 Å². The van der Waals surface area contributed by atoms with Crippen LogP contribution in [-0.2, 0) is 0 Å². The fourth-order valence-corrected chi connectivity index (χ4v) is 1.24. The number of aliphatic hydroxyl groups is 2. The third kappa shape index (κ3) is 1.68. The highest BCUT2D eigenvalue weighted by Gasteiger charge is 2.30. The Labute approximate surface area is 61.3 Å². The molecule has 1 heterocycles. The van der Waals surface area contributed by atoms with E-state index in [0.29, 0.717) is 6.54 Å². The SMILES string of the molecule is CC(C)(O)N1CCC(O)C1. The van der Waals surface area contributed by atoms with E-state index >= 15 is 0 Å². The van der Waals surface area contributed by atoms with Gasteiger partial charge >= 0.3 is 0 Å². The number of aliphatic hydroxyl groups excluding tert-OH is 1. The van der Waals surface area contributed by atoms with E-state index in [4.69, 9.17) is 5.11 Å². The standard InChI is InChI=1S/C7H15NO2/c1-7(2,10)8-4-3-6(9)5-8/h6,9-10H,3-5H2,1-2H3. The Kier molecular flexibility index (Phi) is 1.99. The van der Waals surface area contributed by atoms with Gasteiger partial charge in [0, 0.05) is 13.1 Å². The molecule has 0 bridgehead atoms. The molecular weight excluding hydrogens is 130 g/mol. The Balaban J connectivity index is 2.45. The first-order valence-electron chi connectivity index (χ1n) is 3.65. The average Bonchev–Trinajstić information content (AvgIpc) is 2.11. The molecule has 0 aromatic heterocycles. The van der Waals surface area contributed by atoms with Gasteiger partial charge in [-0.05, 0) is 20.3 Å². The fraction of sp³-hybridized carbons (Fsp3) is 1.00. The highest BCUT2D eigenvalue weighted by atomic mass is 16.3. The molecule has 1 fully saturated rings. The van der Waals surface area contributed by atoms with E-state index in [1.54, 1.807) is 13.8 Å². The van der Waals surface area contributed by atoms with E-state index in [9.17, 15) is 5.11 Å². The third-order valence-electron chi connectivity index (χ3n) is 1.94. The molecule has 3 nitrogen and oxygen atoms in total. The van der Waals surface area contributed by atoms with Gasteiger partial charge in [-0.2, -0.15) is 0 Å². The van der Waals surface area contributed by atoms with Gasteiger partial charge in [0.1, 0.15) is 5.72 Å². The zero-order valence-electron chi connectivity index (χ0n) is 6.54. The summed E-state index contributed by atoms with van der Waals surface area (Å²) in [6.07, 6.45) is 0.538. The number of hydrogen-bond donors (Lipinski definition) is 2. The van der Waals surface area contributed by atoms with Gasteiger partial charge in [-0.3, -0.25) is 4.90 Å². The summed E-state index contributed by atoms with van der Waals surface area (Å²) in [5.74, 6) is 0. The van der Waals surface area contributed by atoms with Crippen LogP contribution in [0.25, 0.3) is 0 Å². The lowest BCUT2D eigenvalue weighted by molar-refractivity contribution is -0.0697. The Morgan fingerprint density at radius 1 is 1.50 bits per heavy atom. The molecule has 10 heavy (non-hydrogen) atoms. The minimum Gasteiger partial charge on any atom is -0.392 e. The molecule has 1 aliphatic rings. The van der Waals surface area contributed by atoms with Crippen LogP contribution >= 0.6 is 0 Å². The highest BCUT2D eigenvalue weighted by Crippen LogP contribution is 2.17. The molecule has 0 aromatic carbocycles. The summed E-state index contributed by atoms with van der Waals surface area (Å²) in [5, 5.41) is 18.6. The maximum Gasteiger partial charge on any atom is 0.112 e. The number of hydrogen-bond acceptors (Lipinski definition) is 3. The summed E-state index contributed by atoms with van der Waals surface area (Å²) in [6.45, 7) is 4.88. The predicted molar refractivity (Wildman–Crippen MR) is 38.5 cm³/mol. The molecule has 0 radical (unpaired) electrons. The second-order valence-electron chi connectivity index (χ2n) is 3.38. The molecular formula is C7H15NO2. The second kappa shape index (κ2) is 2.49. The first kappa shape index (κ1) is 7.98. The largest absolute Gasteiger partial charge is 0.392 e. The van der Waals surface area contributed by atoms with Gasteiger partial charge in [-0.25, -0.2) is 0 Å². The molecule has 1 atom stereocenters. The highest BCUT2D eigenvalue weighted by molar-refractivity contribution is 4.80. The minimum atomic E-state index is -0.766. The summed E-state index contributed by atoms with van der Waals surface area (Å²) >= 11 is 0. The third-order valence-corrected chi connectivity index (χ3v) is 1.94. The first-order chi connectivity index (χ1) is 4.50. The van der Waals surface area contributed by atoms with Crippen molar-refractivity contribution in [1.29, 1.82) is 0 Å². The van der Waals surface area contributed by atoms with Gasteiger partial charge in [0.05, 0.1) is 6.10 Å². The fourth-order valence-electron chi connectivity index (χ4n) is 1.24. The van der Waals surface area contributed by atoms with Crippen molar-refractivity contribution in [2.75, 3.05) is 13.1 Å². The lowest BCUT2D eigenvalue weighted by Gasteiger charge is -2.29. The zero-order valence-corrected chi connectivity index (χ0v) is 6.54. The average molecular weight is 145 g/mol. The summed E-state index contributed by atoms with van der Waals surface area (Å²) in [6, 6.07) is 0. The summed E-state index contributed by atoms with van der Waals surface area (Å²) in [4.78, 5) is 1.87. The quantitative estimate of drug-likeness (QED) is 0.536. The lowest BCUT2D eigenvalue weighted by atomic mass is 10.3. The van der Waals surface area contributed by atoms with Gasteiger partial charge in [0.15, 0.2) is 0 Å². The number of nitrogens with zero attached hydrogens (tertiary/aromatic N) is 1. The van der Waals surface area contributed by atoms with E-state index in [2.05, 4.69) is 0 Å². The summed E-state index contributed by atoms with van der Waals surface area (Å²) in [5.41, 5.74) is -0.766. The van der Waals surface area contributed by atoms with Crippen LogP contribution in [0.15, 0.2) is 0 Å². The molecule has 0 spiro atoms. The topological polar surface area (TPSA) is 43.7 Å². The second-order valence-corrected chi connectivity index (χ2v) is 3.38. The van der Waals surface area contributed by atoms with Gasteiger partial charge in [0.2, 0.25) is 0 Å². The Hall–Kier alpha value is -0.120. The molecule has 1 aliphatic heterocycles. The molecule has 0 saturated carbocycles. The van der Waals surface area contributed by atoms with Crippen LogP contribution in [0, 0.1) is 0 Å². The molecule has 60 valence electrons. The monoisotopic (exact) mass is 145 g/mol. The van der Waals surface area contributed by atoms with Crippen LogP contribution in [0.4, 0.5) is 0 Å². The maximum atomic E-state index is 9.45. The van der Waals surface area contributed by atoms with Gasteiger partial charge in [-0.1, -0.05) is 0 Å². The Bertz CT molecular complexity index is 119. The summed E-state index contributed by atoms with van der Waals surface area (Å²) in [7, 11) is 0. The van der Waals surface area contributed by atoms with Crippen molar-refractivity contribution in [3.8, 4) is 0 Å². The molecule has 0 amide bonds. The van der Waals surface area contributed by atoms with Crippen molar-refractivity contribution in [2.24, 2.45) is 0 Å². The maximum absolute atomic E-state index is 9.45. The van der Waals surface area contributed by atoms with E-state index in [-0.39, 0.29) is 6.10 Å². The smallest absolute Gasteiger partial charge is 0.112 e. The van der Waals surface area contributed by atoms with Crippen molar-refractivity contribution < 1.29 is 10.2 Å². The molecule has 0 aromatic rings. The molecule has 1 unspecified atom stereocenters. The number of likely N-dealkylation sites (tertiary alicyclic amines) is 1. The van der Waals surface area contributed by atoms with Crippen LogP contribution in [-0.4, -0.2) is 40.0 Å². The summed E-state index contributed by atoms with van der Waals surface area (Å²) < 4.78 is 0. The van der Waals surface area contributed by atoms with Crippen molar-refractivity contribution in [3.05, 3.63) is 0 Å². The van der Waals surface area contributed by atoms with Crippen molar-refractivity contribution in [2.45, 2.75) is 32.1 Å². The Morgan fingerprint density at radius 2 is 2.10 bits per heavy atom. The molecule has 3 heteroatoms. The van der Waals surface area contributed by atoms with E-state index in [1.165, 1.54) is 0 Å². The van der Waals surface area contributed by atoms with Crippen LogP contribution in [0.5, 0.6) is 0 Å². The van der Waals surface area contributed by atoms with E-state index in [0.717, 1.165) is 13.0 Å². The number of rotatable bonds is 1. The lowest BCUT2D eigenvalue weighted by Crippen LogP contribution is -2.42. The van der Waals surface area contributed by atoms with Gasteiger partial charge in [0.25, 0.3) is 0 Å². The van der Waals surface area contributed by atoms with Crippen molar-refractivity contribution >= 4 is 0 Å². The predicted octanol–water partition coefficient (Wildman–Crippen LogP) is -0.219. The normalized spacial score (nSPS) is 29.4. The van der Waals surface area contributed by atoms with E-state index < -0.39 is 5.72 Å². The number of β-amino-alcohol motifs (C(OH)–C–C–N with tert-alkyl or cyclic N) is 1. The first-order valence-corrected chi connectivity index (χ1v) is 3.65. The molecule has 1 rings (SSSR count). The minimum absolute atomic E-state index is 0.244. The van der Waals surface area contributed by atoms with Crippen LogP contribution in [0.2, 0.25) is 0 Å². The molecule has 0 aliphatic carbocycles. The van der Waals surface area contributed by atoms with Crippen LogP contribution < -0.4 is 0 Å². The van der Waals surface area contributed by atoms with Crippen LogP contribution in [0.3, 0.4) is 0 Å². The zero-order chi connectivity index (χ0) is 7.78. The van der Waals surface area contributed by atoms with Crippen LogP contribution in [0.1, 0.15) is 20.3 Å². The van der Waals surface area contributed by atoms with E-state index in [1.807, 2.05) is 4.90 Å². The van der Waals surface area contributed by atoms with Crippen molar-refractivity contribution in [1.82, 2.24) is 4.90 Å². The van der Waals surface area contributed by atoms with Gasteiger partial charge < -0.3 is 10.2 Å². The molecule has 1 saturated heterocycles. The molecule has 2 N–H and O–H groups in total.